The third-order valence-corrected chi connectivity index (χ3v) is 4.65. The second kappa shape index (κ2) is 9.90. The molecule has 0 aliphatic carbocycles. The van der Waals surface area contributed by atoms with E-state index in [1.807, 2.05) is 31.0 Å². The van der Waals surface area contributed by atoms with E-state index in [1.165, 1.54) is 0 Å². The lowest BCUT2D eigenvalue weighted by Gasteiger charge is -2.22. The van der Waals surface area contributed by atoms with Crippen LogP contribution in [-0.4, -0.2) is 42.6 Å². The zero-order valence-electron chi connectivity index (χ0n) is 17.1. The maximum absolute atomic E-state index is 12.7. The first kappa shape index (κ1) is 20.7. The molecule has 1 aromatic carbocycles. The van der Waals surface area contributed by atoms with Crippen LogP contribution in [0, 0.1) is 6.92 Å². The van der Waals surface area contributed by atoms with Crippen molar-refractivity contribution in [3.63, 3.8) is 0 Å². The highest BCUT2D eigenvalue weighted by atomic mass is 16.1. The third-order valence-electron chi connectivity index (χ3n) is 4.65. The van der Waals surface area contributed by atoms with E-state index in [1.54, 1.807) is 12.3 Å². The molecule has 0 saturated carbocycles. The van der Waals surface area contributed by atoms with Gasteiger partial charge in [-0.3, -0.25) is 4.79 Å². The largest absolute Gasteiger partial charge is 0.372 e. The Morgan fingerprint density at radius 1 is 1.15 bits per heavy atom. The fraction of sp³-hybridized carbons (Fsp3) is 0.476. The molecule has 0 aliphatic heterocycles. The van der Waals surface area contributed by atoms with E-state index >= 15 is 0 Å². The summed E-state index contributed by atoms with van der Waals surface area (Å²) in [4.78, 5) is 25.6. The maximum Gasteiger partial charge on any atom is 0.274 e. The average Bonchev–Trinajstić information content (AvgIpc) is 2.69. The van der Waals surface area contributed by atoms with E-state index in [-0.39, 0.29) is 5.91 Å². The van der Waals surface area contributed by atoms with E-state index in [0.717, 1.165) is 49.4 Å². The Balaban J connectivity index is 2.13. The SMILES string of the molecule is CCCCN(C)c1nccc(C(=O)Nc2ccc(N(CC)CC)cc2C)n1. The standard InChI is InChI=1S/C21H31N5O/c1-6-9-14-25(5)21-22-13-12-19(24-21)20(27)23-18-11-10-17(15-16(18)4)26(7-2)8-3/h10-13,15H,6-9,14H2,1-5H3,(H,23,27). The Labute approximate surface area is 162 Å². The summed E-state index contributed by atoms with van der Waals surface area (Å²) < 4.78 is 0. The van der Waals surface area contributed by atoms with Crippen molar-refractivity contribution in [3.8, 4) is 0 Å². The van der Waals surface area contributed by atoms with Gasteiger partial charge in [-0.1, -0.05) is 13.3 Å². The van der Waals surface area contributed by atoms with Gasteiger partial charge in [-0.25, -0.2) is 9.97 Å². The van der Waals surface area contributed by atoms with Crippen LogP contribution in [0.3, 0.4) is 0 Å². The molecule has 2 aromatic rings. The lowest BCUT2D eigenvalue weighted by Crippen LogP contribution is -2.23. The summed E-state index contributed by atoms with van der Waals surface area (Å²) in [5.74, 6) is 0.353. The van der Waals surface area contributed by atoms with E-state index in [0.29, 0.717) is 11.6 Å². The molecule has 6 nitrogen and oxygen atoms in total. The zero-order valence-corrected chi connectivity index (χ0v) is 17.1. The second-order valence-corrected chi connectivity index (χ2v) is 6.64. The van der Waals surface area contributed by atoms with Gasteiger partial charge in [0.2, 0.25) is 5.95 Å². The Bertz CT molecular complexity index is 758. The van der Waals surface area contributed by atoms with Gasteiger partial charge in [0, 0.05) is 44.3 Å². The smallest absolute Gasteiger partial charge is 0.274 e. The van der Waals surface area contributed by atoms with E-state index in [4.69, 9.17) is 0 Å². The molecule has 0 bridgehead atoms. The van der Waals surface area contributed by atoms with Crippen LogP contribution in [-0.2, 0) is 0 Å². The molecule has 2 rings (SSSR count). The molecule has 27 heavy (non-hydrogen) atoms. The van der Waals surface area contributed by atoms with Crippen molar-refractivity contribution in [3.05, 3.63) is 41.7 Å². The van der Waals surface area contributed by atoms with Gasteiger partial charge in [-0.2, -0.15) is 0 Å². The molecule has 146 valence electrons. The first-order chi connectivity index (χ1) is 13.0. The van der Waals surface area contributed by atoms with Crippen LogP contribution >= 0.6 is 0 Å². The number of aromatic nitrogens is 2. The van der Waals surface area contributed by atoms with Crippen LogP contribution in [0.25, 0.3) is 0 Å². The van der Waals surface area contributed by atoms with Gasteiger partial charge < -0.3 is 15.1 Å². The van der Waals surface area contributed by atoms with Crippen molar-refractivity contribution in [2.45, 2.75) is 40.5 Å². The number of aryl methyl sites for hydroxylation is 1. The fourth-order valence-electron chi connectivity index (χ4n) is 2.91. The zero-order chi connectivity index (χ0) is 19.8. The van der Waals surface area contributed by atoms with E-state index in [9.17, 15) is 4.79 Å². The van der Waals surface area contributed by atoms with Crippen LogP contribution in [0.2, 0.25) is 0 Å². The predicted molar refractivity (Wildman–Crippen MR) is 113 cm³/mol. The Hall–Kier alpha value is -2.63. The number of benzene rings is 1. The van der Waals surface area contributed by atoms with Gasteiger partial charge >= 0.3 is 0 Å². The second-order valence-electron chi connectivity index (χ2n) is 6.64. The number of hydrogen-bond donors (Lipinski definition) is 1. The summed E-state index contributed by atoms with van der Waals surface area (Å²) in [5.41, 5.74) is 3.37. The number of nitrogens with zero attached hydrogens (tertiary/aromatic N) is 4. The summed E-state index contributed by atoms with van der Waals surface area (Å²) in [6.45, 7) is 11.2. The average molecular weight is 370 g/mol. The minimum atomic E-state index is -0.221. The molecule has 0 fully saturated rings. The minimum absolute atomic E-state index is 0.221. The number of hydrogen-bond acceptors (Lipinski definition) is 5. The molecule has 0 aliphatic rings. The summed E-state index contributed by atoms with van der Waals surface area (Å²) >= 11 is 0. The van der Waals surface area contributed by atoms with Crippen molar-refractivity contribution < 1.29 is 4.79 Å². The van der Waals surface area contributed by atoms with Crippen molar-refractivity contribution in [2.75, 3.05) is 41.8 Å². The molecule has 1 amide bonds. The van der Waals surface area contributed by atoms with E-state index in [2.05, 4.69) is 47.0 Å². The van der Waals surface area contributed by atoms with Crippen LogP contribution in [0.4, 0.5) is 17.3 Å². The number of amides is 1. The van der Waals surface area contributed by atoms with Gasteiger partial charge in [-0.15, -0.1) is 0 Å². The molecule has 6 heteroatoms. The van der Waals surface area contributed by atoms with Gasteiger partial charge in [0.1, 0.15) is 5.69 Å². The Morgan fingerprint density at radius 3 is 2.52 bits per heavy atom. The highest BCUT2D eigenvalue weighted by molar-refractivity contribution is 6.03. The lowest BCUT2D eigenvalue weighted by atomic mass is 10.1. The summed E-state index contributed by atoms with van der Waals surface area (Å²) in [6.07, 6.45) is 3.80. The molecular formula is C21H31N5O. The van der Waals surface area contributed by atoms with Gasteiger partial charge in [0.05, 0.1) is 0 Å². The van der Waals surface area contributed by atoms with Crippen molar-refractivity contribution in [1.29, 1.82) is 0 Å². The molecule has 0 saturated heterocycles. The fourth-order valence-corrected chi connectivity index (χ4v) is 2.91. The number of nitrogens with one attached hydrogen (secondary N) is 1. The topological polar surface area (TPSA) is 61.4 Å². The Kier molecular flexibility index (Phi) is 7.58. The number of rotatable bonds is 9. The summed E-state index contributed by atoms with van der Waals surface area (Å²) in [7, 11) is 1.95. The lowest BCUT2D eigenvalue weighted by molar-refractivity contribution is 0.102. The molecule has 1 N–H and O–H groups in total. The van der Waals surface area contributed by atoms with Gasteiger partial charge in [0.15, 0.2) is 0 Å². The number of anilines is 3. The van der Waals surface area contributed by atoms with Gasteiger partial charge in [-0.05, 0) is 57.0 Å². The first-order valence-electron chi connectivity index (χ1n) is 9.71. The number of carbonyl (C=O) groups is 1. The molecule has 1 aromatic heterocycles. The van der Waals surface area contributed by atoms with Crippen LogP contribution in [0.15, 0.2) is 30.5 Å². The summed E-state index contributed by atoms with van der Waals surface area (Å²) in [6, 6.07) is 7.74. The molecule has 0 atom stereocenters. The van der Waals surface area contributed by atoms with Gasteiger partial charge in [0.25, 0.3) is 5.91 Å². The molecule has 0 unspecified atom stereocenters. The van der Waals surface area contributed by atoms with Crippen LogP contribution in [0.1, 0.15) is 49.7 Å². The van der Waals surface area contributed by atoms with E-state index < -0.39 is 0 Å². The van der Waals surface area contributed by atoms with Crippen molar-refractivity contribution >= 4 is 23.2 Å². The molecule has 0 radical (unpaired) electrons. The maximum atomic E-state index is 12.7. The normalized spacial score (nSPS) is 10.6. The van der Waals surface area contributed by atoms with Crippen LogP contribution < -0.4 is 15.1 Å². The van der Waals surface area contributed by atoms with Crippen molar-refractivity contribution in [1.82, 2.24) is 9.97 Å². The quantitative estimate of drug-likeness (QED) is 0.720. The van der Waals surface area contributed by atoms with Crippen LogP contribution in [0.5, 0.6) is 0 Å². The monoisotopic (exact) mass is 369 g/mol. The predicted octanol–water partition coefficient (Wildman–Crippen LogP) is 4.12. The number of carbonyl (C=O) groups excluding carboxylic acids is 1. The molecule has 0 spiro atoms. The third kappa shape index (κ3) is 5.42. The number of unbranched alkanes of at least 4 members (excludes halogenated alkanes) is 1. The highest BCUT2D eigenvalue weighted by Gasteiger charge is 2.13. The van der Waals surface area contributed by atoms with Crippen molar-refractivity contribution in [2.24, 2.45) is 0 Å². The highest BCUT2D eigenvalue weighted by Crippen LogP contribution is 2.23. The summed E-state index contributed by atoms with van der Waals surface area (Å²) in [5, 5.41) is 2.97. The molecule has 1 heterocycles. The minimum Gasteiger partial charge on any atom is -0.372 e. The first-order valence-corrected chi connectivity index (χ1v) is 9.71. The Morgan fingerprint density at radius 2 is 1.89 bits per heavy atom. The molecular weight excluding hydrogens is 338 g/mol.